The minimum absolute atomic E-state index is 0.109. The zero-order chi connectivity index (χ0) is 19.3. The van der Waals surface area contributed by atoms with E-state index >= 15 is 0 Å². The maximum atomic E-state index is 12.1. The summed E-state index contributed by atoms with van der Waals surface area (Å²) in [5.41, 5.74) is 1.56. The number of aliphatic hydroxyl groups excluding tert-OH is 1. The van der Waals surface area contributed by atoms with Crippen LogP contribution in [0.5, 0.6) is 0 Å². The molecule has 26 heavy (non-hydrogen) atoms. The first kappa shape index (κ1) is 19.6. The summed E-state index contributed by atoms with van der Waals surface area (Å²) in [7, 11) is 1.25. The number of benzene rings is 1. The van der Waals surface area contributed by atoms with Gasteiger partial charge in [-0.2, -0.15) is 0 Å². The van der Waals surface area contributed by atoms with E-state index in [-0.39, 0.29) is 17.1 Å². The van der Waals surface area contributed by atoms with E-state index in [4.69, 9.17) is 4.74 Å². The molecule has 138 valence electrons. The lowest BCUT2D eigenvalue weighted by atomic mass is 10.1. The number of methoxy groups -OCH3 is 1. The number of esters is 1. The van der Waals surface area contributed by atoms with E-state index in [9.17, 15) is 19.5 Å². The number of carbonyl (C=O) groups excluding carboxylic acids is 3. The van der Waals surface area contributed by atoms with Gasteiger partial charge in [0.25, 0.3) is 0 Å². The van der Waals surface area contributed by atoms with Crippen LogP contribution in [0, 0.1) is 13.8 Å². The standard InChI is InChI=1S/C18H20N2O5S/c1-10-11(2)26-17(14(10)18(24)25-3)20-16(23)15(22)19-9-13(21)12-7-5-4-6-8-12/h4-8,13,21H,9H2,1-3H3,(H,19,22)(H,20,23)/t13-/m1/s1. The summed E-state index contributed by atoms with van der Waals surface area (Å²) in [6.45, 7) is 3.44. The Morgan fingerprint density at radius 1 is 1.15 bits per heavy atom. The lowest BCUT2D eigenvalue weighted by Gasteiger charge is -2.12. The Bertz CT molecular complexity index is 816. The van der Waals surface area contributed by atoms with Crippen molar-refractivity contribution in [1.82, 2.24) is 5.32 Å². The zero-order valence-corrected chi connectivity index (χ0v) is 15.5. The van der Waals surface area contributed by atoms with Gasteiger partial charge in [-0.15, -0.1) is 11.3 Å². The van der Waals surface area contributed by atoms with Gasteiger partial charge in [-0.25, -0.2) is 4.79 Å². The second kappa shape index (κ2) is 8.59. The number of hydrogen-bond donors (Lipinski definition) is 3. The monoisotopic (exact) mass is 376 g/mol. The molecule has 0 radical (unpaired) electrons. The molecule has 1 heterocycles. The lowest BCUT2D eigenvalue weighted by Crippen LogP contribution is -2.37. The second-order valence-corrected chi connectivity index (χ2v) is 6.79. The normalized spacial score (nSPS) is 11.5. The SMILES string of the molecule is COC(=O)c1c(NC(=O)C(=O)NC[C@@H](O)c2ccccc2)sc(C)c1C. The van der Waals surface area contributed by atoms with Crippen LogP contribution < -0.4 is 10.6 Å². The Morgan fingerprint density at radius 3 is 2.42 bits per heavy atom. The quantitative estimate of drug-likeness (QED) is 0.546. The zero-order valence-electron chi connectivity index (χ0n) is 14.7. The summed E-state index contributed by atoms with van der Waals surface area (Å²) in [5.74, 6) is -2.40. The second-order valence-electron chi connectivity index (χ2n) is 5.57. The van der Waals surface area contributed by atoms with E-state index in [1.165, 1.54) is 18.4 Å². The lowest BCUT2D eigenvalue weighted by molar-refractivity contribution is -0.136. The minimum atomic E-state index is -0.926. The van der Waals surface area contributed by atoms with Crippen LogP contribution in [-0.2, 0) is 14.3 Å². The summed E-state index contributed by atoms with van der Waals surface area (Å²) in [6.07, 6.45) is -0.926. The van der Waals surface area contributed by atoms with Gasteiger partial charge < -0.3 is 20.5 Å². The molecule has 0 aliphatic rings. The third-order valence-electron chi connectivity index (χ3n) is 3.85. The number of nitrogens with one attached hydrogen (secondary N) is 2. The maximum absolute atomic E-state index is 12.1. The first-order valence-corrected chi connectivity index (χ1v) is 8.67. The Balaban J connectivity index is 2.01. The van der Waals surface area contributed by atoms with Gasteiger partial charge in [-0.05, 0) is 25.0 Å². The van der Waals surface area contributed by atoms with E-state index in [0.29, 0.717) is 11.1 Å². The molecule has 0 spiro atoms. The van der Waals surface area contributed by atoms with Gasteiger partial charge in [-0.3, -0.25) is 9.59 Å². The van der Waals surface area contributed by atoms with Crippen LogP contribution >= 0.6 is 11.3 Å². The van der Waals surface area contributed by atoms with E-state index < -0.39 is 23.9 Å². The fourth-order valence-corrected chi connectivity index (χ4v) is 3.33. The van der Waals surface area contributed by atoms with Gasteiger partial charge in [0.1, 0.15) is 5.00 Å². The predicted molar refractivity (Wildman–Crippen MR) is 98.2 cm³/mol. The Labute approximate surface area is 155 Å². The Kier molecular flexibility index (Phi) is 6.48. The van der Waals surface area contributed by atoms with E-state index in [0.717, 1.165) is 4.88 Å². The topological polar surface area (TPSA) is 105 Å². The largest absolute Gasteiger partial charge is 0.465 e. The van der Waals surface area contributed by atoms with E-state index in [2.05, 4.69) is 10.6 Å². The number of ether oxygens (including phenoxy) is 1. The molecule has 0 saturated carbocycles. The van der Waals surface area contributed by atoms with Crippen LogP contribution in [0.3, 0.4) is 0 Å². The minimum Gasteiger partial charge on any atom is -0.465 e. The van der Waals surface area contributed by atoms with Crippen molar-refractivity contribution in [1.29, 1.82) is 0 Å². The molecule has 0 aliphatic carbocycles. The highest BCUT2D eigenvalue weighted by Gasteiger charge is 2.24. The first-order valence-electron chi connectivity index (χ1n) is 7.85. The Morgan fingerprint density at radius 2 is 1.81 bits per heavy atom. The van der Waals surface area contributed by atoms with Gasteiger partial charge in [0.2, 0.25) is 0 Å². The van der Waals surface area contributed by atoms with Crippen molar-refractivity contribution < 1.29 is 24.2 Å². The predicted octanol–water partition coefficient (Wildman–Crippen LogP) is 1.94. The highest BCUT2D eigenvalue weighted by Crippen LogP contribution is 2.32. The number of aliphatic hydroxyl groups is 1. The number of rotatable bonds is 5. The summed E-state index contributed by atoms with van der Waals surface area (Å²) in [5, 5.41) is 15.1. The van der Waals surface area contributed by atoms with E-state index in [1.807, 2.05) is 6.07 Å². The number of thiophene rings is 1. The fraction of sp³-hybridized carbons (Fsp3) is 0.278. The molecular weight excluding hydrogens is 356 g/mol. The van der Waals surface area contributed by atoms with Crippen LogP contribution in [0.25, 0.3) is 0 Å². The average Bonchev–Trinajstić information content (AvgIpc) is 2.92. The molecule has 2 rings (SSSR count). The van der Waals surface area contributed by atoms with Crippen LogP contribution in [0.2, 0.25) is 0 Å². The smallest absolute Gasteiger partial charge is 0.341 e. The molecule has 2 amide bonds. The molecule has 7 nitrogen and oxygen atoms in total. The molecule has 0 aliphatic heterocycles. The van der Waals surface area contributed by atoms with Crippen molar-refractivity contribution in [3.8, 4) is 0 Å². The molecule has 1 aromatic carbocycles. The number of anilines is 1. The van der Waals surface area contributed by atoms with Crippen molar-refractivity contribution in [2.45, 2.75) is 20.0 Å². The molecule has 2 aromatic rings. The molecule has 0 saturated heterocycles. The molecule has 0 unspecified atom stereocenters. The van der Waals surface area contributed by atoms with Gasteiger partial charge in [0.05, 0.1) is 18.8 Å². The van der Waals surface area contributed by atoms with Crippen LogP contribution in [0.1, 0.15) is 32.5 Å². The first-order chi connectivity index (χ1) is 12.3. The summed E-state index contributed by atoms with van der Waals surface area (Å²) in [6, 6.07) is 8.78. The van der Waals surface area contributed by atoms with Crippen molar-refractivity contribution in [3.05, 3.63) is 51.9 Å². The van der Waals surface area contributed by atoms with Gasteiger partial charge in [0, 0.05) is 11.4 Å². The number of carbonyl (C=O) groups is 3. The maximum Gasteiger partial charge on any atom is 0.341 e. The molecule has 3 N–H and O–H groups in total. The van der Waals surface area contributed by atoms with Crippen molar-refractivity contribution in [3.63, 3.8) is 0 Å². The molecule has 1 atom stereocenters. The Hall–Kier alpha value is -2.71. The molecule has 0 bridgehead atoms. The third kappa shape index (κ3) is 4.47. The average molecular weight is 376 g/mol. The van der Waals surface area contributed by atoms with Crippen LogP contribution in [0.4, 0.5) is 5.00 Å². The highest BCUT2D eigenvalue weighted by molar-refractivity contribution is 7.17. The number of aryl methyl sites for hydroxylation is 1. The van der Waals surface area contributed by atoms with Crippen LogP contribution in [0.15, 0.2) is 30.3 Å². The fourth-order valence-electron chi connectivity index (χ4n) is 2.29. The summed E-state index contributed by atoms with van der Waals surface area (Å²) in [4.78, 5) is 36.8. The molecule has 0 fully saturated rings. The van der Waals surface area contributed by atoms with Crippen molar-refractivity contribution in [2.75, 3.05) is 19.0 Å². The number of amides is 2. The van der Waals surface area contributed by atoms with Crippen molar-refractivity contribution >= 4 is 34.1 Å². The summed E-state index contributed by atoms with van der Waals surface area (Å²) >= 11 is 1.19. The van der Waals surface area contributed by atoms with E-state index in [1.54, 1.807) is 38.1 Å². The number of hydrogen-bond acceptors (Lipinski definition) is 6. The highest BCUT2D eigenvalue weighted by atomic mass is 32.1. The van der Waals surface area contributed by atoms with Gasteiger partial charge in [0.15, 0.2) is 0 Å². The van der Waals surface area contributed by atoms with Crippen LogP contribution in [-0.4, -0.2) is 36.5 Å². The van der Waals surface area contributed by atoms with Gasteiger partial charge in [-0.1, -0.05) is 30.3 Å². The molecular formula is C18H20N2O5S. The summed E-state index contributed by atoms with van der Waals surface area (Å²) < 4.78 is 4.72. The molecule has 8 heteroatoms. The van der Waals surface area contributed by atoms with Crippen molar-refractivity contribution in [2.24, 2.45) is 0 Å². The third-order valence-corrected chi connectivity index (χ3v) is 4.97. The van der Waals surface area contributed by atoms with Gasteiger partial charge >= 0.3 is 17.8 Å². The molecule has 1 aromatic heterocycles.